The molecule has 1 fully saturated rings. The molecule has 0 saturated carbocycles. The molecule has 0 unspecified atom stereocenters. The third-order valence-corrected chi connectivity index (χ3v) is 6.42. The average Bonchev–Trinajstić information content (AvgIpc) is 3.30. The molecule has 2 heterocycles. The Balaban J connectivity index is 1.57. The molecule has 1 aromatic heterocycles. The van der Waals surface area contributed by atoms with E-state index in [2.05, 4.69) is 0 Å². The van der Waals surface area contributed by atoms with Crippen molar-refractivity contribution in [3.63, 3.8) is 0 Å². The van der Waals surface area contributed by atoms with E-state index in [4.69, 9.17) is 39.2 Å². The normalized spacial score (nSPS) is 15.1. The summed E-state index contributed by atoms with van der Waals surface area (Å²) in [5.74, 6) is -0.928. The van der Waals surface area contributed by atoms with Crippen LogP contribution >= 0.6 is 46.6 Å². The third-order valence-electron chi connectivity index (χ3n) is 4.60. The van der Waals surface area contributed by atoms with Crippen LogP contribution in [0.15, 0.2) is 57.9 Å². The van der Waals surface area contributed by atoms with Gasteiger partial charge in [0.05, 0.1) is 22.0 Å². The highest BCUT2D eigenvalue weighted by Gasteiger charge is 2.35. The standard InChI is InChI=1S/C22H12Cl3NO5S/c23-13-3-1-12(17(25)8-13)10-26-20(27)19(32-22(26)30)9-14-4-6-18(31-14)15-7-11(21(28)29)2-5-16(15)24/h1-9H,10H2,(H,28,29)/b19-9-. The van der Waals surface area contributed by atoms with E-state index in [1.807, 2.05) is 0 Å². The number of carboxylic acids is 1. The zero-order valence-electron chi connectivity index (χ0n) is 16.0. The van der Waals surface area contributed by atoms with Crippen LogP contribution in [-0.4, -0.2) is 27.1 Å². The topological polar surface area (TPSA) is 87.8 Å². The number of carboxylic acid groups (broad SMARTS) is 1. The van der Waals surface area contributed by atoms with Gasteiger partial charge in [0.25, 0.3) is 11.1 Å². The Morgan fingerprint density at radius 3 is 2.53 bits per heavy atom. The summed E-state index contributed by atoms with van der Waals surface area (Å²) in [5.41, 5.74) is 1.05. The van der Waals surface area contributed by atoms with Crippen LogP contribution in [0.3, 0.4) is 0 Å². The molecule has 0 spiro atoms. The van der Waals surface area contributed by atoms with Crippen molar-refractivity contribution in [2.75, 3.05) is 0 Å². The lowest BCUT2D eigenvalue weighted by atomic mass is 10.1. The van der Waals surface area contributed by atoms with Gasteiger partial charge < -0.3 is 9.52 Å². The number of carbonyl (C=O) groups is 3. The van der Waals surface area contributed by atoms with E-state index in [0.717, 1.165) is 16.7 Å². The van der Waals surface area contributed by atoms with Crippen LogP contribution < -0.4 is 0 Å². The first-order chi connectivity index (χ1) is 15.2. The quantitative estimate of drug-likeness (QED) is 0.380. The number of nitrogens with zero attached hydrogens (tertiary/aromatic N) is 1. The van der Waals surface area contributed by atoms with Crippen molar-refractivity contribution < 1.29 is 23.9 Å². The molecule has 6 nitrogen and oxygen atoms in total. The lowest BCUT2D eigenvalue weighted by Gasteiger charge is -2.13. The van der Waals surface area contributed by atoms with E-state index in [-0.39, 0.29) is 17.0 Å². The highest BCUT2D eigenvalue weighted by Crippen LogP contribution is 2.36. The lowest BCUT2D eigenvalue weighted by Crippen LogP contribution is -2.27. The molecule has 1 saturated heterocycles. The van der Waals surface area contributed by atoms with Gasteiger partial charge in [-0.1, -0.05) is 40.9 Å². The Kier molecular flexibility index (Phi) is 6.35. The second-order valence-electron chi connectivity index (χ2n) is 6.71. The first-order valence-corrected chi connectivity index (χ1v) is 11.0. The smallest absolute Gasteiger partial charge is 0.335 e. The van der Waals surface area contributed by atoms with Gasteiger partial charge in [-0.15, -0.1) is 0 Å². The largest absolute Gasteiger partial charge is 0.478 e. The molecule has 3 aromatic rings. The molecule has 1 aliphatic rings. The van der Waals surface area contributed by atoms with Gasteiger partial charge in [-0.05, 0) is 59.8 Å². The van der Waals surface area contributed by atoms with E-state index >= 15 is 0 Å². The Morgan fingerprint density at radius 2 is 1.81 bits per heavy atom. The maximum atomic E-state index is 12.8. The number of amides is 2. The molecule has 32 heavy (non-hydrogen) atoms. The SMILES string of the molecule is O=C(O)c1ccc(Cl)c(-c2ccc(/C=C3\SC(=O)N(Cc4ccc(Cl)cc4Cl)C3=O)o2)c1. The summed E-state index contributed by atoms with van der Waals surface area (Å²) in [5, 5.41) is 9.88. The lowest BCUT2D eigenvalue weighted by molar-refractivity contribution is -0.123. The maximum absolute atomic E-state index is 12.8. The van der Waals surface area contributed by atoms with Crippen molar-refractivity contribution in [2.45, 2.75) is 6.54 Å². The van der Waals surface area contributed by atoms with E-state index in [1.165, 1.54) is 24.3 Å². The number of aromatic carboxylic acids is 1. The van der Waals surface area contributed by atoms with Crippen LogP contribution in [0.2, 0.25) is 15.1 Å². The summed E-state index contributed by atoms with van der Waals surface area (Å²) < 4.78 is 5.73. The number of rotatable bonds is 5. The van der Waals surface area contributed by atoms with Crippen molar-refractivity contribution in [3.8, 4) is 11.3 Å². The van der Waals surface area contributed by atoms with Crippen molar-refractivity contribution in [1.82, 2.24) is 4.90 Å². The van der Waals surface area contributed by atoms with E-state index in [9.17, 15) is 19.5 Å². The van der Waals surface area contributed by atoms with Gasteiger partial charge >= 0.3 is 5.97 Å². The number of benzene rings is 2. The predicted octanol–water partition coefficient (Wildman–Crippen LogP) is 6.84. The predicted molar refractivity (Wildman–Crippen MR) is 124 cm³/mol. The molecule has 0 atom stereocenters. The van der Waals surface area contributed by atoms with Gasteiger partial charge in [-0.2, -0.15) is 0 Å². The van der Waals surface area contributed by atoms with Crippen LogP contribution in [-0.2, 0) is 11.3 Å². The fourth-order valence-electron chi connectivity index (χ4n) is 3.01. The minimum Gasteiger partial charge on any atom is -0.478 e. The van der Waals surface area contributed by atoms with Crippen LogP contribution in [0.5, 0.6) is 0 Å². The number of thioether (sulfide) groups is 1. The second-order valence-corrected chi connectivity index (χ2v) is 8.95. The summed E-state index contributed by atoms with van der Waals surface area (Å²) in [6.45, 7) is 0.0129. The number of hydrogen-bond donors (Lipinski definition) is 1. The zero-order valence-corrected chi connectivity index (χ0v) is 19.1. The molecule has 4 rings (SSSR count). The fraction of sp³-hybridized carbons (Fsp3) is 0.0455. The van der Waals surface area contributed by atoms with Crippen molar-refractivity contribution in [1.29, 1.82) is 0 Å². The Hall–Kier alpha value is -2.71. The number of carbonyl (C=O) groups excluding carboxylic acids is 2. The summed E-state index contributed by atoms with van der Waals surface area (Å²) in [6, 6.07) is 12.3. The molecule has 1 aliphatic heterocycles. The fourth-order valence-corrected chi connectivity index (χ4v) is 4.51. The molecule has 10 heteroatoms. The molecular weight excluding hydrogens is 497 g/mol. The second kappa shape index (κ2) is 9.03. The van der Waals surface area contributed by atoms with Crippen LogP contribution in [0.1, 0.15) is 21.7 Å². The van der Waals surface area contributed by atoms with Gasteiger partial charge in [0.1, 0.15) is 11.5 Å². The average molecular weight is 509 g/mol. The minimum atomic E-state index is -1.09. The Labute approximate surface area is 201 Å². The first-order valence-electron chi connectivity index (χ1n) is 9.05. The molecule has 2 aromatic carbocycles. The van der Waals surface area contributed by atoms with E-state index < -0.39 is 17.1 Å². The number of imide groups is 1. The van der Waals surface area contributed by atoms with Gasteiger partial charge in [-0.25, -0.2) is 4.79 Å². The van der Waals surface area contributed by atoms with Gasteiger partial charge in [0.2, 0.25) is 0 Å². The molecular formula is C22H12Cl3NO5S. The summed E-state index contributed by atoms with van der Waals surface area (Å²) in [7, 11) is 0. The molecule has 1 N–H and O–H groups in total. The number of hydrogen-bond acceptors (Lipinski definition) is 5. The summed E-state index contributed by atoms with van der Waals surface area (Å²) >= 11 is 19.0. The Bertz CT molecular complexity index is 1300. The van der Waals surface area contributed by atoms with Gasteiger partial charge in [0.15, 0.2) is 0 Å². The van der Waals surface area contributed by atoms with Gasteiger partial charge in [0, 0.05) is 21.7 Å². The molecule has 0 radical (unpaired) electrons. The molecule has 0 aliphatic carbocycles. The number of furan rings is 1. The van der Waals surface area contributed by atoms with Crippen molar-refractivity contribution in [3.05, 3.63) is 85.4 Å². The van der Waals surface area contributed by atoms with Crippen LogP contribution in [0.4, 0.5) is 4.79 Å². The highest BCUT2D eigenvalue weighted by molar-refractivity contribution is 8.18. The molecule has 2 amide bonds. The zero-order chi connectivity index (χ0) is 23.0. The monoisotopic (exact) mass is 507 g/mol. The molecule has 0 bridgehead atoms. The van der Waals surface area contributed by atoms with Crippen molar-refractivity contribution in [2.24, 2.45) is 0 Å². The van der Waals surface area contributed by atoms with Crippen LogP contribution in [0.25, 0.3) is 17.4 Å². The summed E-state index contributed by atoms with van der Waals surface area (Å²) in [4.78, 5) is 37.7. The Morgan fingerprint density at radius 1 is 1.03 bits per heavy atom. The summed E-state index contributed by atoms with van der Waals surface area (Å²) in [6.07, 6.45) is 1.45. The van der Waals surface area contributed by atoms with Gasteiger partial charge in [-0.3, -0.25) is 14.5 Å². The number of halogens is 3. The van der Waals surface area contributed by atoms with Crippen molar-refractivity contribution >= 4 is 69.8 Å². The first kappa shape index (κ1) is 22.5. The van der Waals surface area contributed by atoms with E-state index in [1.54, 1.807) is 30.3 Å². The third kappa shape index (κ3) is 4.56. The maximum Gasteiger partial charge on any atom is 0.335 e. The van der Waals surface area contributed by atoms with E-state index in [0.29, 0.717) is 37.7 Å². The molecule has 162 valence electrons. The minimum absolute atomic E-state index is 0.0129. The highest BCUT2D eigenvalue weighted by atomic mass is 35.5. The van der Waals surface area contributed by atoms with Crippen LogP contribution in [0, 0.1) is 0 Å².